The Bertz CT molecular complexity index is 291. The third-order valence-corrected chi connectivity index (χ3v) is 2.81. The number of benzene rings is 1. The molecule has 1 aromatic carbocycles. The van der Waals surface area contributed by atoms with E-state index in [1.54, 1.807) is 6.07 Å². The quantitative estimate of drug-likeness (QED) is 0.676. The molecule has 0 nitrogen and oxygen atoms in total. The summed E-state index contributed by atoms with van der Waals surface area (Å²) in [5.74, 6) is 0.643. The van der Waals surface area contributed by atoms with Crippen LogP contribution in [-0.2, 0) is 6.42 Å². The van der Waals surface area contributed by atoms with E-state index < -0.39 is 0 Å². The van der Waals surface area contributed by atoms with Crippen molar-refractivity contribution in [3.05, 3.63) is 35.1 Å². The lowest BCUT2D eigenvalue weighted by Crippen LogP contribution is -1.97. The maximum atomic E-state index is 13.4. The van der Waals surface area contributed by atoms with E-state index in [2.05, 4.69) is 13.8 Å². The molecule has 0 saturated heterocycles. The smallest absolute Gasteiger partial charge is 0.126 e. The second-order valence-electron chi connectivity index (χ2n) is 4.15. The first-order chi connectivity index (χ1) is 6.63. The van der Waals surface area contributed by atoms with Gasteiger partial charge in [-0.2, -0.15) is 0 Å². The first-order valence-electron chi connectivity index (χ1n) is 5.38. The van der Waals surface area contributed by atoms with Gasteiger partial charge in [-0.15, -0.1) is 0 Å². The Labute approximate surface area is 86.2 Å². The van der Waals surface area contributed by atoms with Crippen LogP contribution in [0.5, 0.6) is 0 Å². The predicted octanol–water partition coefficient (Wildman–Crippen LogP) is 4.11. The maximum absolute atomic E-state index is 13.4. The summed E-state index contributed by atoms with van der Waals surface area (Å²) >= 11 is 0. The van der Waals surface area contributed by atoms with Crippen molar-refractivity contribution in [1.82, 2.24) is 0 Å². The zero-order valence-corrected chi connectivity index (χ0v) is 9.31. The molecule has 1 aromatic rings. The number of rotatable bonds is 4. The van der Waals surface area contributed by atoms with Crippen molar-refractivity contribution in [1.29, 1.82) is 0 Å². The van der Waals surface area contributed by atoms with E-state index in [0.717, 1.165) is 24.0 Å². The molecule has 0 N–H and O–H groups in total. The summed E-state index contributed by atoms with van der Waals surface area (Å²) in [5.41, 5.74) is 1.85. The van der Waals surface area contributed by atoms with Crippen LogP contribution in [0.15, 0.2) is 18.2 Å². The average Bonchev–Trinajstić information content (AvgIpc) is 2.16. The molecule has 0 aromatic heterocycles. The monoisotopic (exact) mass is 194 g/mol. The lowest BCUT2D eigenvalue weighted by molar-refractivity contribution is 0.506. The second kappa shape index (κ2) is 5.14. The molecule has 1 atom stereocenters. The number of aryl methyl sites for hydroxylation is 2. The van der Waals surface area contributed by atoms with E-state index in [-0.39, 0.29) is 5.82 Å². The van der Waals surface area contributed by atoms with Gasteiger partial charge in [0.2, 0.25) is 0 Å². The lowest BCUT2D eigenvalue weighted by atomic mass is 9.98. The Morgan fingerprint density at radius 3 is 2.64 bits per heavy atom. The zero-order valence-electron chi connectivity index (χ0n) is 9.31. The van der Waals surface area contributed by atoms with Crippen LogP contribution >= 0.6 is 0 Å². The van der Waals surface area contributed by atoms with Gasteiger partial charge in [-0.1, -0.05) is 32.4 Å². The highest BCUT2D eigenvalue weighted by molar-refractivity contribution is 5.23. The summed E-state index contributed by atoms with van der Waals surface area (Å²) in [7, 11) is 0. The number of hydrogen-bond donors (Lipinski definition) is 0. The van der Waals surface area contributed by atoms with E-state index in [4.69, 9.17) is 0 Å². The minimum atomic E-state index is -0.0479. The summed E-state index contributed by atoms with van der Waals surface area (Å²) in [6.07, 6.45) is 3.12. The largest absolute Gasteiger partial charge is 0.207 e. The van der Waals surface area contributed by atoms with Gasteiger partial charge in [-0.3, -0.25) is 0 Å². The fourth-order valence-electron chi connectivity index (χ4n) is 1.46. The average molecular weight is 194 g/mol. The van der Waals surface area contributed by atoms with Crippen LogP contribution in [0.4, 0.5) is 4.39 Å². The Morgan fingerprint density at radius 2 is 2.07 bits per heavy atom. The number of halogens is 1. The van der Waals surface area contributed by atoms with Crippen LogP contribution in [0.25, 0.3) is 0 Å². The van der Waals surface area contributed by atoms with E-state index in [0.29, 0.717) is 5.92 Å². The maximum Gasteiger partial charge on any atom is 0.126 e. The van der Waals surface area contributed by atoms with Gasteiger partial charge in [0.15, 0.2) is 0 Å². The fourth-order valence-corrected chi connectivity index (χ4v) is 1.46. The van der Waals surface area contributed by atoms with Crippen molar-refractivity contribution in [3.63, 3.8) is 0 Å². The van der Waals surface area contributed by atoms with Crippen LogP contribution < -0.4 is 0 Å². The predicted molar refractivity (Wildman–Crippen MR) is 58.9 cm³/mol. The molecule has 1 rings (SSSR count). The van der Waals surface area contributed by atoms with Crippen LogP contribution in [0, 0.1) is 18.7 Å². The Hall–Kier alpha value is -0.850. The third-order valence-electron chi connectivity index (χ3n) is 2.81. The van der Waals surface area contributed by atoms with Crippen molar-refractivity contribution in [2.45, 2.75) is 40.0 Å². The molecule has 0 saturated carbocycles. The summed E-state index contributed by atoms with van der Waals surface area (Å²) < 4.78 is 13.4. The van der Waals surface area contributed by atoms with Gasteiger partial charge in [0, 0.05) is 0 Å². The van der Waals surface area contributed by atoms with Gasteiger partial charge < -0.3 is 0 Å². The molecular formula is C13H19F. The minimum Gasteiger partial charge on any atom is -0.207 e. The van der Waals surface area contributed by atoms with E-state index in [1.165, 1.54) is 6.42 Å². The molecule has 0 aliphatic rings. The summed E-state index contributed by atoms with van der Waals surface area (Å²) in [5, 5.41) is 0. The van der Waals surface area contributed by atoms with Crippen LogP contribution in [0.3, 0.4) is 0 Å². The van der Waals surface area contributed by atoms with Crippen molar-refractivity contribution in [3.8, 4) is 0 Å². The Balaban J connectivity index is 2.59. The van der Waals surface area contributed by atoms with E-state index >= 15 is 0 Å². The van der Waals surface area contributed by atoms with Gasteiger partial charge >= 0.3 is 0 Å². The van der Waals surface area contributed by atoms with Crippen LogP contribution in [0.1, 0.15) is 37.8 Å². The number of hydrogen-bond acceptors (Lipinski definition) is 0. The second-order valence-corrected chi connectivity index (χ2v) is 4.15. The highest BCUT2D eigenvalue weighted by Gasteiger charge is 2.04. The summed E-state index contributed by atoms with van der Waals surface area (Å²) in [6, 6.07) is 5.51. The van der Waals surface area contributed by atoms with E-state index in [9.17, 15) is 4.39 Å². The highest BCUT2D eigenvalue weighted by Crippen LogP contribution is 2.16. The fraction of sp³-hybridized carbons (Fsp3) is 0.538. The van der Waals surface area contributed by atoms with Crippen molar-refractivity contribution >= 4 is 0 Å². The first kappa shape index (κ1) is 11.2. The van der Waals surface area contributed by atoms with Crippen LogP contribution in [0.2, 0.25) is 0 Å². The first-order valence-corrected chi connectivity index (χ1v) is 5.38. The molecule has 0 bridgehead atoms. The normalized spacial score (nSPS) is 12.9. The van der Waals surface area contributed by atoms with E-state index in [1.807, 2.05) is 19.1 Å². The van der Waals surface area contributed by atoms with Crippen molar-refractivity contribution in [2.24, 2.45) is 5.92 Å². The molecule has 0 spiro atoms. The molecule has 1 unspecified atom stereocenters. The molecule has 0 amide bonds. The minimum absolute atomic E-state index is 0.0479. The van der Waals surface area contributed by atoms with Crippen molar-refractivity contribution in [2.75, 3.05) is 0 Å². The molecule has 0 aliphatic carbocycles. The van der Waals surface area contributed by atoms with Gasteiger partial charge in [-0.05, 0) is 42.9 Å². The van der Waals surface area contributed by atoms with Crippen molar-refractivity contribution < 1.29 is 4.39 Å². The van der Waals surface area contributed by atoms with Gasteiger partial charge in [-0.25, -0.2) is 4.39 Å². The molecular weight excluding hydrogens is 175 g/mol. The van der Waals surface area contributed by atoms with Gasteiger partial charge in [0.25, 0.3) is 0 Å². The standard InChI is InChI=1S/C13H19F/c1-4-10(2)5-7-12-8-6-11(3)9-13(12)14/h6,8-10H,4-5,7H2,1-3H3. The molecule has 78 valence electrons. The highest BCUT2D eigenvalue weighted by atomic mass is 19.1. The summed E-state index contributed by atoms with van der Waals surface area (Å²) in [6.45, 7) is 6.31. The Kier molecular flexibility index (Phi) is 4.12. The summed E-state index contributed by atoms with van der Waals surface area (Å²) in [4.78, 5) is 0. The molecule has 0 fully saturated rings. The third kappa shape index (κ3) is 3.13. The SMILES string of the molecule is CCC(C)CCc1ccc(C)cc1F. The van der Waals surface area contributed by atoms with Gasteiger partial charge in [0.1, 0.15) is 5.82 Å². The molecule has 14 heavy (non-hydrogen) atoms. The van der Waals surface area contributed by atoms with Gasteiger partial charge in [0.05, 0.1) is 0 Å². The Morgan fingerprint density at radius 1 is 1.36 bits per heavy atom. The molecule has 0 radical (unpaired) electrons. The molecule has 0 aliphatic heterocycles. The molecule has 1 heteroatoms. The lowest BCUT2D eigenvalue weighted by Gasteiger charge is -2.08. The topological polar surface area (TPSA) is 0 Å². The van der Waals surface area contributed by atoms with Crippen LogP contribution in [-0.4, -0.2) is 0 Å². The molecule has 0 heterocycles. The zero-order chi connectivity index (χ0) is 10.6.